The van der Waals surface area contributed by atoms with E-state index in [9.17, 15) is 29.4 Å². The lowest BCUT2D eigenvalue weighted by molar-refractivity contribution is -0.149. The van der Waals surface area contributed by atoms with Crippen LogP contribution >= 0.6 is 0 Å². The molecule has 1 aliphatic heterocycles. The lowest BCUT2D eigenvalue weighted by Gasteiger charge is -2.27. The SMILES string of the molecule is CC(NC(=O)C(Cc1ccc(O)cc1)NC(=O)C(N)Cc1c[nH]c2ccccc12)C(=O)N1CCCC1C(=O)O. The van der Waals surface area contributed by atoms with E-state index in [0.29, 0.717) is 24.9 Å². The Kier molecular flexibility index (Phi) is 8.50. The number of nitrogens with zero attached hydrogens (tertiary/aromatic N) is 1. The molecule has 1 saturated heterocycles. The first kappa shape index (κ1) is 27.6. The lowest BCUT2D eigenvalue weighted by Crippen LogP contribution is -2.57. The zero-order valence-electron chi connectivity index (χ0n) is 21.6. The third kappa shape index (κ3) is 6.55. The third-order valence-corrected chi connectivity index (χ3v) is 7.01. The number of hydrogen-bond acceptors (Lipinski definition) is 6. The van der Waals surface area contributed by atoms with Gasteiger partial charge in [-0.1, -0.05) is 30.3 Å². The quantitative estimate of drug-likeness (QED) is 0.225. The molecule has 4 unspecified atom stereocenters. The van der Waals surface area contributed by atoms with Gasteiger partial charge in [-0.3, -0.25) is 14.4 Å². The molecule has 1 fully saturated rings. The largest absolute Gasteiger partial charge is 0.508 e. The molecule has 206 valence electrons. The maximum absolute atomic E-state index is 13.3. The number of carboxylic acids is 1. The second kappa shape index (κ2) is 12.0. The van der Waals surface area contributed by atoms with Crippen LogP contribution in [-0.4, -0.2) is 74.5 Å². The molecule has 0 saturated carbocycles. The number of carbonyl (C=O) groups excluding carboxylic acids is 3. The molecule has 11 nitrogen and oxygen atoms in total. The van der Waals surface area contributed by atoms with Crippen molar-refractivity contribution in [1.82, 2.24) is 20.5 Å². The monoisotopic (exact) mass is 535 g/mol. The number of carboxylic acid groups (broad SMARTS) is 1. The summed E-state index contributed by atoms with van der Waals surface area (Å²) in [6.45, 7) is 1.78. The number of likely N-dealkylation sites (tertiary alicyclic amines) is 1. The number of fused-ring (bicyclic) bond motifs is 1. The van der Waals surface area contributed by atoms with Gasteiger partial charge in [-0.2, -0.15) is 0 Å². The fraction of sp³-hybridized carbons (Fsp3) is 0.357. The van der Waals surface area contributed by atoms with Crippen molar-refractivity contribution in [2.24, 2.45) is 5.73 Å². The van der Waals surface area contributed by atoms with Crippen LogP contribution in [0.5, 0.6) is 5.75 Å². The van der Waals surface area contributed by atoms with Crippen LogP contribution in [0.25, 0.3) is 10.9 Å². The number of aromatic amines is 1. The van der Waals surface area contributed by atoms with Crippen molar-refractivity contribution in [2.75, 3.05) is 6.54 Å². The van der Waals surface area contributed by atoms with E-state index in [2.05, 4.69) is 15.6 Å². The number of H-pyrrole nitrogens is 1. The van der Waals surface area contributed by atoms with Gasteiger partial charge in [0, 0.05) is 30.1 Å². The van der Waals surface area contributed by atoms with Gasteiger partial charge >= 0.3 is 5.97 Å². The smallest absolute Gasteiger partial charge is 0.326 e. The maximum Gasteiger partial charge on any atom is 0.326 e. The van der Waals surface area contributed by atoms with Gasteiger partial charge in [0.1, 0.15) is 23.9 Å². The van der Waals surface area contributed by atoms with Crippen molar-refractivity contribution in [3.63, 3.8) is 0 Å². The number of phenols is 1. The second-order valence-corrected chi connectivity index (χ2v) is 9.86. The molecule has 4 rings (SSSR count). The van der Waals surface area contributed by atoms with Crippen LogP contribution in [0.4, 0.5) is 0 Å². The Morgan fingerprint density at radius 1 is 1.05 bits per heavy atom. The van der Waals surface area contributed by atoms with Gasteiger partial charge in [0.25, 0.3) is 0 Å². The molecular formula is C28H33N5O6. The van der Waals surface area contributed by atoms with E-state index in [1.165, 1.54) is 24.0 Å². The summed E-state index contributed by atoms with van der Waals surface area (Å²) >= 11 is 0. The van der Waals surface area contributed by atoms with Crippen molar-refractivity contribution >= 4 is 34.6 Å². The number of para-hydroxylation sites is 1. The highest BCUT2D eigenvalue weighted by Gasteiger charge is 2.37. The minimum absolute atomic E-state index is 0.0577. The van der Waals surface area contributed by atoms with Gasteiger partial charge in [0.2, 0.25) is 17.7 Å². The van der Waals surface area contributed by atoms with Crippen LogP contribution in [-0.2, 0) is 32.0 Å². The van der Waals surface area contributed by atoms with Crippen LogP contribution in [0.2, 0.25) is 0 Å². The Bertz CT molecular complexity index is 1350. The third-order valence-electron chi connectivity index (χ3n) is 7.01. The minimum Gasteiger partial charge on any atom is -0.508 e. The van der Waals surface area contributed by atoms with Crippen LogP contribution in [0.15, 0.2) is 54.7 Å². The van der Waals surface area contributed by atoms with E-state index in [0.717, 1.165) is 16.5 Å². The molecule has 1 aliphatic rings. The van der Waals surface area contributed by atoms with Crippen molar-refractivity contribution < 1.29 is 29.4 Å². The standard InChI is InChI=1S/C28H33N5O6/c1-16(27(37)33-12-4-7-24(33)28(38)39)31-26(36)23(13-17-8-10-19(34)11-9-17)32-25(35)21(29)14-18-15-30-22-6-3-2-5-20(18)22/h2-3,5-6,8-11,15-16,21,23-24,30,34H,4,7,12-14,29H2,1H3,(H,31,36)(H,32,35)(H,38,39). The predicted molar refractivity (Wildman–Crippen MR) is 144 cm³/mol. The molecule has 4 atom stereocenters. The number of aromatic nitrogens is 1. The fourth-order valence-electron chi connectivity index (χ4n) is 4.90. The lowest BCUT2D eigenvalue weighted by atomic mass is 10.0. The maximum atomic E-state index is 13.3. The summed E-state index contributed by atoms with van der Waals surface area (Å²) in [5.74, 6) is -2.67. The van der Waals surface area contributed by atoms with Crippen molar-refractivity contribution in [2.45, 2.75) is 56.8 Å². The number of phenolic OH excluding ortho intramolecular Hbond substituents is 1. The Morgan fingerprint density at radius 3 is 2.49 bits per heavy atom. The zero-order chi connectivity index (χ0) is 28.1. The minimum atomic E-state index is -1.08. The summed E-state index contributed by atoms with van der Waals surface area (Å²) < 4.78 is 0. The number of carbonyl (C=O) groups is 4. The van der Waals surface area contributed by atoms with Crippen LogP contribution in [0.3, 0.4) is 0 Å². The number of benzene rings is 2. The highest BCUT2D eigenvalue weighted by molar-refractivity contribution is 5.94. The average Bonchev–Trinajstić information content (AvgIpc) is 3.57. The van der Waals surface area contributed by atoms with Gasteiger partial charge in [-0.05, 0) is 55.5 Å². The van der Waals surface area contributed by atoms with Gasteiger partial charge in [-0.15, -0.1) is 0 Å². The molecule has 0 radical (unpaired) electrons. The number of aliphatic carboxylic acids is 1. The Morgan fingerprint density at radius 2 is 1.77 bits per heavy atom. The molecule has 3 aromatic rings. The molecule has 1 aromatic heterocycles. The summed E-state index contributed by atoms with van der Waals surface area (Å²) in [7, 11) is 0. The normalized spacial score (nSPS) is 17.4. The number of rotatable bonds is 10. The molecule has 3 amide bonds. The molecule has 0 bridgehead atoms. The Labute approximate surface area is 225 Å². The number of nitrogens with one attached hydrogen (secondary N) is 3. The van der Waals surface area contributed by atoms with E-state index < -0.39 is 47.9 Å². The molecule has 7 N–H and O–H groups in total. The summed E-state index contributed by atoms with van der Waals surface area (Å²) in [5.41, 5.74) is 8.69. The molecule has 11 heteroatoms. The zero-order valence-corrected chi connectivity index (χ0v) is 21.6. The van der Waals surface area contributed by atoms with Crippen LogP contribution < -0.4 is 16.4 Å². The molecule has 0 aliphatic carbocycles. The number of nitrogens with two attached hydrogens (primary N) is 1. The molecular weight excluding hydrogens is 502 g/mol. The number of amides is 3. The highest BCUT2D eigenvalue weighted by atomic mass is 16.4. The molecule has 2 heterocycles. The average molecular weight is 536 g/mol. The number of hydrogen-bond donors (Lipinski definition) is 6. The van der Waals surface area contributed by atoms with Crippen LogP contribution in [0.1, 0.15) is 30.9 Å². The summed E-state index contributed by atoms with van der Waals surface area (Å²) in [6, 6.07) is 9.91. The topological polar surface area (TPSA) is 178 Å². The molecule has 39 heavy (non-hydrogen) atoms. The van der Waals surface area contributed by atoms with E-state index in [1.807, 2.05) is 24.3 Å². The van der Waals surface area contributed by atoms with Gasteiger partial charge in [0.05, 0.1) is 6.04 Å². The van der Waals surface area contributed by atoms with Gasteiger partial charge < -0.3 is 36.5 Å². The Hall–Kier alpha value is -4.38. The fourth-order valence-corrected chi connectivity index (χ4v) is 4.90. The number of aromatic hydroxyl groups is 1. The van der Waals surface area contributed by atoms with E-state index in [1.54, 1.807) is 18.3 Å². The molecule has 0 spiro atoms. The first-order chi connectivity index (χ1) is 18.6. The Balaban J connectivity index is 1.46. The first-order valence-corrected chi connectivity index (χ1v) is 12.9. The summed E-state index contributed by atoms with van der Waals surface area (Å²) in [5, 5.41) is 25.3. The summed E-state index contributed by atoms with van der Waals surface area (Å²) in [4.78, 5) is 55.3. The first-order valence-electron chi connectivity index (χ1n) is 12.9. The van der Waals surface area contributed by atoms with Gasteiger partial charge in [0.15, 0.2) is 0 Å². The van der Waals surface area contributed by atoms with Crippen molar-refractivity contribution in [3.05, 3.63) is 65.9 Å². The van der Waals surface area contributed by atoms with E-state index in [-0.39, 0.29) is 18.6 Å². The predicted octanol–water partition coefficient (Wildman–Crippen LogP) is 1.05. The van der Waals surface area contributed by atoms with Crippen molar-refractivity contribution in [3.8, 4) is 5.75 Å². The van der Waals surface area contributed by atoms with Crippen molar-refractivity contribution in [1.29, 1.82) is 0 Å². The van der Waals surface area contributed by atoms with Gasteiger partial charge in [-0.25, -0.2) is 4.79 Å². The van der Waals surface area contributed by atoms with Crippen LogP contribution in [0, 0.1) is 0 Å². The second-order valence-electron chi connectivity index (χ2n) is 9.86. The highest BCUT2D eigenvalue weighted by Crippen LogP contribution is 2.20. The van der Waals surface area contributed by atoms with E-state index >= 15 is 0 Å². The van der Waals surface area contributed by atoms with E-state index in [4.69, 9.17) is 5.73 Å². The molecule has 2 aromatic carbocycles. The summed E-state index contributed by atoms with van der Waals surface area (Å²) in [6.07, 6.45) is 3.05.